The lowest BCUT2D eigenvalue weighted by atomic mass is 10.1. The number of rotatable bonds is 4. The Morgan fingerprint density at radius 2 is 2.17 bits per heavy atom. The minimum atomic E-state index is -0.0425. The number of aryl methyl sites for hydroxylation is 2. The lowest BCUT2D eigenvalue weighted by molar-refractivity contribution is -0.121. The number of oxazole rings is 1. The molecule has 1 N–H and O–H groups in total. The van der Waals surface area contributed by atoms with Crippen LogP contribution in [0.2, 0.25) is 0 Å². The molecule has 4 rings (SSSR count). The third-order valence-electron chi connectivity index (χ3n) is 4.42. The summed E-state index contributed by atoms with van der Waals surface area (Å²) in [7, 11) is 0. The van der Waals surface area contributed by atoms with Crippen molar-refractivity contribution in [3.05, 3.63) is 65.2 Å². The number of hydrogen-bond acceptors (Lipinski definition) is 4. The summed E-state index contributed by atoms with van der Waals surface area (Å²) in [6.07, 6.45) is 3.72. The molecule has 0 bridgehead atoms. The van der Waals surface area contributed by atoms with Gasteiger partial charge in [0.25, 0.3) is 5.89 Å². The van der Waals surface area contributed by atoms with Gasteiger partial charge in [0.1, 0.15) is 5.76 Å². The Morgan fingerprint density at radius 1 is 1.29 bits per heavy atom. The van der Waals surface area contributed by atoms with Crippen LogP contribution in [0.25, 0.3) is 11.7 Å². The molecule has 0 saturated carbocycles. The maximum Gasteiger partial charge on any atom is 0.263 e. The first-order chi connectivity index (χ1) is 11.7. The minimum Gasteiger partial charge on any atom is -0.459 e. The largest absolute Gasteiger partial charge is 0.459 e. The lowest BCUT2D eigenvalue weighted by Gasteiger charge is -2.13. The third-order valence-corrected chi connectivity index (χ3v) is 4.42. The Hall–Kier alpha value is -2.82. The Balaban J connectivity index is 1.46. The number of amides is 1. The summed E-state index contributed by atoms with van der Waals surface area (Å²) in [4.78, 5) is 16.8. The number of carbonyl (C=O) groups excluding carboxylic acids is 1. The maximum absolute atomic E-state index is 12.4. The fourth-order valence-corrected chi connectivity index (χ4v) is 3.20. The molecule has 1 atom stereocenters. The molecule has 1 aliphatic carbocycles. The number of fused-ring (bicyclic) bond motifs is 1. The predicted molar refractivity (Wildman–Crippen MR) is 88.3 cm³/mol. The topological polar surface area (TPSA) is 68.3 Å². The van der Waals surface area contributed by atoms with E-state index in [4.69, 9.17) is 8.83 Å². The van der Waals surface area contributed by atoms with Crippen LogP contribution >= 0.6 is 0 Å². The first kappa shape index (κ1) is 14.8. The molecule has 2 heterocycles. The summed E-state index contributed by atoms with van der Waals surface area (Å²) >= 11 is 0. The zero-order valence-corrected chi connectivity index (χ0v) is 13.4. The van der Waals surface area contributed by atoms with Crippen molar-refractivity contribution >= 4 is 5.91 Å². The van der Waals surface area contributed by atoms with Gasteiger partial charge in [-0.1, -0.05) is 24.3 Å². The van der Waals surface area contributed by atoms with Crippen LogP contribution < -0.4 is 5.32 Å². The van der Waals surface area contributed by atoms with Gasteiger partial charge in [-0.15, -0.1) is 0 Å². The molecule has 0 unspecified atom stereocenters. The van der Waals surface area contributed by atoms with Crippen LogP contribution in [0.1, 0.15) is 35.0 Å². The van der Waals surface area contributed by atoms with Crippen molar-refractivity contribution in [1.29, 1.82) is 0 Å². The molecule has 0 aliphatic heterocycles. The normalized spacial score (nSPS) is 16.1. The highest BCUT2D eigenvalue weighted by atomic mass is 16.4. The predicted octanol–water partition coefficient (Wildman–Crippen LogP) is 3.59. The van der Waals surface area contributed by atoms with Gasteiger partial charge in [0.15, 0.2) is 5.76 Å². The molecule has 2 aromatic heterocycles. The number of nitrogens with zero attached hydrogens (tertiary/aromatic N) is 1. The van der Waals surface area contributed by atoms with Crippen molar-refractivity contribution in [3.8, 4) is 11.7 Å². The van der Waals surface area contributed by atoms with Gasteiger partial charge in [0.2, 0.25) is 5.91 Å². The summed E-state index contributed by atoms with van der Waals surface area (Å²) in [6.45, 7) is 1.81. The SMILES string of the molecule is Cc1oc(-c2ccco2)nc1CC(=O)N[C@@H]1CCc2ccccc21. The Morgan fingerprint density at radius 3 is 3.00 bits per heavy atom. The molecule has 0 fully saturated rings. The van der Waals surface area contributed by atoms with Gasteiger partial charge in [-0.3, -0.25) is 4.79 Å². The van der Waals surface area contributed by atoms with Gasteiger partial charge in [0, 0.05) is 0 Å². The van der Waals surface area contributed by atoms with Gasteiger partial charge < -0.3 is 14.2 Å². The van der Waals surface area contributed by atoms with Crippen LogP contribution in [0.3, 0.4) is 0 Å². The first-order valence-corrected chi connectivity index (χ1v) is 8.08. The fourth-order valence-electron chi connectivity index (χ4n) is 3.20. The van der Waals surface area contributed by atoms with E-state index in [-0.39, 0.29) is 18.4 Å². The number of furan rings is 1. The monoisotopic (exact) mass is 322 g/mol. The lowest BCUT2D eigenvalue weighted by Crippen LogP contribution is -2.28. The zero-order chi connectivity index (χ0) is 16.5. The van der Waals surface area contributed by atoms with Crippen LogP contribution in [0, 0.1) is 6.92 Å². The van der Waals surface area contributed by atoms with E-state index in [1.54, 1.807) is 18.4 Å². The fraction of sp³-hybridized carbons (Fsp3) is 0.263. The highest BCUT2D eigenvalue weighted by Crippen LogP contribution is 2.30. The summed E-state index contributed by atoms with van der Waals surface area (Å²) in [5.74, 6) is 1.57. The van der Waals surface area contributed by atoms with Crippen molar-refractivity contribution in [2.24, 2.45) is 0 Å². The molecule has 0 saturated heterocycles. The number of nitrogens with one attached hydrogen (secondary N) is 1. The van der Waals surface area contributed by atoms with Gasteiger partial charge in [-0.2, -0.15) is 0 Å². The number of benzene rings is 1. The number of carbonyl (C=O) groups is 1. The molecule has 24 heavy (non-hydrogen) atoms. The van der Waals surface area contributed by atoms with E-state index in [1.807, 2.05) is 19.1 Å². The van der Waals surface area contributed by atoms with Crippen LogP contribution in [0.5, 0.6) is 0 Å². The number of hydrogen-bond donors (Lipinski definition) is 1. The molecule has 1 aliphatic rings. The molecule has 0 radical (unpaired) electrons. The Kier molecular flexibility index (Phi) is 3.69. The van der Waals surface area contributed by atoms with E-state index in [2.05, 4.69) is 22.4 Å². The highest BCUT2D eigenvalue weighted by molar-refractivity contribution is 5.79. The van der Waals surface area contributed by atoms with E-state index >= 15 is 0 Å². The summed E-state index contributed by atoms with van der Waals surface area (Å²) in [5.41, 5.74) is 3.18. The quantitative estimate of drug-likeness (QED) is 0.797. The second-order valence-corrected chi connectivity index (χ2v) is 6.03. The van der Waals surface area contributed by atoms with Gasteiger partial charge in [-0.25, -0.2) is 4.98 Å². The van der Waals surface area contributed by atoms with Crippen molar-refractivity contribution < 1.29 is 13.6 Å². The molecular formula is C19H18N2O3. The van der Waals surface area contributed by atoms with Crippen LogP contribution in [-0.2, 0) is 17.6 Å². The average Bonchev–Trinajstić information content (AvgIpc) is 3.29. The van der Waals surface area contributed by atoms with Crippen LogP contribution in [0.4, 0.5) is 0 Å². The molecule has 122 valence electrons. The summed E-state index contributed by atoms with van der Waals surface area (Å²) in [6, 6.07) is 11.9. The zero-order valence-electron chi connectivity index (χ0n) is 13.4. The Labute approximate surface area is 139 Å². The van der Waals surface area contributed by atoms with Crippen molar-refractivity contribution in [2.75, 3.05) is 0 Å². The van der Waals surface area contributed by atoms with Gasteiger partial charge in [0.05, 0.1) is 24.4 Å². The molecule has 5 heteroatoms. The smallest absolute Gasteiger partial charge is 0.263 e. The second-order valence-electron chi connectivity index (χ2n) is 6.03. The van der Waals surface area contributed by atoms with Crippen LogP contribution in [-0.4, -0.2) is 10.9 Å². The Bertz CT molecular complexity index is 865. The van der Waals surface area contributed by atoms with Crippen molar-refractivity contribution in [3.63, 3.8) is 0 Å². The van der Waals surface area contributed by atoms with E-state index in [0.29, 0.717) is 23.1 Å². The van der Waals surface area contributed by atoms with Gasteiger partial charge >= 0.3 is 0 Å². The first-order valence-electron chi connectivity index (χ1n) is 8.08. The molecule has 5 nitrogen and oxygen atoms in total. The molecule has 1 aromatic carbocycles. The van der Waals surface area contributed by atoms with Crippen molar-refractivity contribution in [1.82, 2.24) is 10.3 Å². The highest BCUT2D eigenvalue weighted by Gasteiger charge is 2.24. The summed E-state index contributed by atoms with van der Waals surface area (Å²) in [5, 5.41) is 3.11. The average molecular weight is 322 g/mol. The standard InChI is InChI=1S/C19H18N2O3/c1-12-16(21-19(24-12)17-7-4-10-23-17)11-18(22)20-15-9-8-13-5-2-3-6-14(13)15/h2-7,10,15H,8-9,11H2,1H3,(H,20,22)/t15-/m1/s1. The number of aromatic nitrogens is 1. The van der Waals surface area contributed by atoms with Gasteiger partial charge in [-0.05, 0) is 43.0 Å². The van der Waals surface area contributed by atoms with E-state index in [1.165, 1.54) is 11.1 Å². The molecule has 0 spiro atoms. The van der Waals surface area contributed by atoms with Crippen molar-refractivity contribution in [2.45, 2.75) is 32.2 Å². The summed E-state index contributed by atoms with van der Waals surface area (Å²) < 4.78 is 10.9. The van der Waals surface area contributed by atoms with E-state index in [9.17, 15) is 4.79 Å². The third kappa shape index (κ3) is 2.73. The van der Waals surface area contributed by atoms with E-state index < -0.39 is 0 Å². The maximum atomic E-state index is 12.4. The molecular weight excluding hydrogens is 304 g/mol. The molecule has 1 amide bonds. The van der Waals surface area contributed by atoms with E-state index in [0.717, 1.165) is 12.8 Å². The molecule has 3 aromatic rings. The minimum absolute atomic E-state index is 0.0425. The van der Waals surface area contributed by atoms with Crippen LogP contribution in [0.15, 0.2) is 51.5 Å². The second kappa shape index (κ2) is 6.00.